The Balaban J connectivity index is 1.49. The van der Waals surface area contributed by atoms with E-state index >= 15 is 0 Å². The molecule has 0 aliphatic heterocycles. The van der Waals surface area contributed by atoms with E-state index in [1.54, 1.807) is 16.9 Å². The van der Waals surface area contributed by atoms with Gasteiger partial charge < -0.3 is 5.32 Å². The zero-order valence-corrected chi connectivity index (χ0v) is 19.3. The molecule has 1 aromatic heterocycles. The Morgan fingerprint density at radius 1 is 0.844 bits per heavy atom. The number of hydrogen-bond donors (Lipinski definition) is 1. The summed E-state index contributed by atoms with van der Waals surface area (Å²) >= 11 is 18.4. The first-order valence-electron chi connectivity index (χ1n) is 10.1. The molecule has 0 atom stereocenters. The highest BCUT2D eigenvalue weighted by molar-refractivity contribution is 6.35. The van der Waals surface area contributed by atoms with Crippen LogP contribution in [0.5, 0.6) is 0 Å². The van der Waals surface area contributed by atoms with Gasteiger partial charge in [-0.2, -0.15) is 15.0 Å². The van der Waals surface area contributed by atoms with Crippen molar-refractivity contribution in [3.63, 3.8) is 0 Å². The maximum absolute atomic E-state index is 13.4. The van der Waals surface area contributed by atoms with E-state index in [-0.39, 0.29) is 5.82 Å². The number of nitrogens with zero attached hydrogens (tertiary/aromatic N) is 3. The lowest BCUT2D eigenvalue weighted by atomic mass is 10.1. The van der Waals surface area contributed by atoms with Gasteiger partial charge in [-0.25, -0.2) is 4.39 Å². The van der Waals surface area contributed by atoms with Crippen molar-refractivity contribution in [3.8, 4) is 11.3 Å². The zero-order chi connectivity index (χ0) is 22.5. The summed E-state index contributed by atoms with van der Waals surface area (Å²) in [6.45, 7) is 1.60. The van der Waals surface area contributed by atoms with Crippen molar-refractivity contribution >= 4 is 34.8 Å². The van der Waals surface area contributed by atoms with E-state index in [0.29, 0.717) is 34.7 Å². The molecule has 0 amide bonds. The van der Waals surface area contributed by atoms with Crippen LogP contribution >= 0.6 is 34.8 Å². The van der Waals surface area contributed by atoms with Crippen LogP contribution in [0.4, 0.5) is 4.39 Å². The van der Waals surface area contributed by atoms with Gasteiger partial charge in [0.1, 0.15) is 17.2 Å². The fourth-order valence-corrected chi connectivity index (χ4v) is 4.08. The Kier molecular flexibility index (Phi) is 7.43. The van der Waals surface area contributed by atoms with Crippen LogP contribution < -0.4 is 5.32 Å². The lowest BCUT2D eigenvalue weighted by molar-refractivity contribution is 0.574. The lowest BCUT2D eigenvalue weighted by Crippen LogP contribution is -2.18. The van der Waals surface area contributed by atoms with Crippen LogP contribution in [-0.4, -0.2) is 21.5 Å². The molecule has 0 radical (unpaired) electrons. The molecular formula is C24H20Cl3FN4. The highest BCUT2D eigenvalue weighted by Crippen LogP contribution is 2.23. The van der Waals surface area contributed by atoms with Crippen molar-refractivity contribution in [1.29, 1.82) is 0 Å². The summed E-state index contributed by atoms with van der Waals surface area (Å²) in [5.74, 6) is -0.372. The molecular weight excluding hydrogens is 470 g/mol. The molecule has 0 saturated carbocycles. The summed E-state index contributed by atoms with van der Waals surface area (Å²) in [7, 11) is 0. The van der Waals surface area contributed by atoms with Crippen LogP contribution in [0, 0.1) is 5.82 Å². The minimum Gasteiger partial charge on any atom is -0.311 e. The summed E-state index contributed by atoms with van der Waals surface area (Å²) in [6.07, 6.45) is 0.760. The molecule has 4 aromatic rings. The quantitative estimate of drug-likeness (QED) is 0.290. The minimum atomic E-state index is -0.372. The van der Waals surface area contributed by atoms with E-state index in [0.717, 1.165) is 34.5 Å². The van der Waals surface area contributed by atoms with Crippen LogP contribution in [0.25, 0.3) is 11.3 Å². The number of rotatable bonds is 8. The van der Waals surface area contributed by atoms with Gasteiger partial charge in [0.05, 0.1) is 6.54 Å². The molecule has 3 aromatic carbocycles. The standard InChI is InChI=1S/C24H20Cl3FN4/c25-19-8-6-16(21(26)12-19)10-11-29-14-23-24(17-4-2-1-3-5-17)31-32(30-23)15-18-7-9-20(28)13-22(18)27/h1-9,12-13,29H,10-11,14-15H2. The Labute approximate surface area is 200 Å². The monoisotopic (exact) mass is 488 g/mol. The van der Waals surface area contributed by atoms with Gasteiger partial charge in [-0.3, -0.25) is 0 Å². The molecule has 32 heavy (non-hydrogen) atoms. The Morgan fingerprint density at radius 3 is 2.34 bits per heavy atom. The molecule has 0 fully saturated rings. The summed E-state index contributed by atoms with van der Waals surface area (Å²) < 4.78 is 13.4. The van der Waals surface area contributed by atoms with Crippen LogP contribution in [0.3, 0.4) is 0 Å². The average Bonchev–Trinajstić information content (AvgIpc) is 3.18. The normalized spacial score (nSPS) is 11.1. The second-order valence-corrected chi connectivity index (χ2v) is 8.54. The molecule has 0 spiro atoms. The number of aromatic nitrogens is 3. The molecule has 164 valence electrons. The van der Waals surface area contributed by atoms with Gasteiger partial charge >= 0.3 is 0 Å². The SMILES string of the molecule is Fc1ccc(Cn2nc(CNCCc3ccc(Cl)cc3Cl)c(-c3ccccc3)n2)c(Cl)c1. The Bertz CT molecular complexity index is 1210. The third kappa shape index (κ3) is 5.67. The maximum Gasteiger partial charge on any atom is 0.124 e. The highest BCUT2D eigenvalue weighted by Gasteiger charge is 2.14. The first kappa shape index (κ1) is 22.7. The van der Waals surface area contributed by atoms with Crippen LogP contribution in [0.2, 0.25) is 15.1 Å². The maximum atomic E-state index is 13.4. The number of benzene rings is 3. The minimum absolute atomic E-state index is 0.347. The van der Waals surface area contributed by atoms with Crippen molar-refractivity contribution in [1.82, 2.24) is 20.3 Å². The van der Waals surface area contributed by atoms with Gasteiger partial charge in [0.15, 0.2) is 0 Å². The third-order valence-corrected chi connectivity index (χ3v) is 5.92. The lowest BCUT2D eigenvalue weighted by Gasteiger charge is -2.06. The van der Waals surface area contributed by atoms with Gasteiger partial charge in [-0.15, -0.1) is 0 Å². The highest BCUT2D eigenvalue weighted by atomic mass is 35.5. The number of hydrogen-bond acceptors (Lipinski definition) is 3. The molecule has 0 unspecified atom stereocenters. The second kappa shape index (κ2) is 10.5. The van der Waals surface area contributed by atoms with Crippen molar-refractivity contribution < 1.29 is 4.39 Å². The fourth-order valence-electron chi connectivity index (χ4n) is 3.35. The van der Waals surface area contributed by atoms with E-state index in [4.69, 9.17) is 34.8 Å². The molecule has 0 saturated heterocycles. The van der Waals surface area contributed by atoms with E-state index in [1.807, 2.05) is 42.5 Å². The van der Waals surface area contributed by atoms with Crippen molar-refractivity contribution in [2.75, 3.05) is 6.54 Å². The summed E-state index contributed by atoms with van der Waals surface area (Å²) in [4.78, 5) is 1.59. The van der Waals surface area contributed by atoms with Crippen LogP contribution in [0.1, 0.15) is 16.8 Å². The molecule has 8 heteroatoms. The zero-order valence-electron chi connectivity index (χ0n) is 17.0. The average molecular weight is 490 g/mol. The van der Waals surface area contributed by atoms with Gasteiger partial charge in [-0.1, -0.05) is 77.3 Å². The van der Waals surface area contributed by atoms with E-state index in [9.17, 15) is 4.39 Å². The third-order valence-electron chi connectivity index (χ3n) is 4.98. The van der Waals surface area contributed by atoms with E-state index < -0.39 is 0 Å². The van der Waals surface area contributed by atoms with Gasteiger partial charge in [-0.05, 0) is 48.4 Å². The molecule has 1 heterocycles. The first-order chi connectivity index (χ1) is 15.5. The molecule has 4 rings (SSSR count). The predicted octanol–water partition coefficient (Wildman–Crippen LogP) is 6.43. The Morgan fingerprint density at radius 2 is 1.59 bits per heavy atom. The van der Waals surface area contributed by atoms with E-state index in [2.05, 4.69) is 15.5 Å². The van der Waals surface area contributed by atoms with Gasteiger partial charge in [0, 0.05) is 27.2 Å². The summed E-state index contributed by atoms with van der Waals surface area (Å²) in [5.41, 5.74) is 4.36. The molecule has 0 aliphatic rings. The largest absolute Gasteiger partial charge is 0.311 e. The molecule has 4 nitrogen and oxygen atoms in total. The van der Waals surface area contributed by atoms with Crippen LogP contribution in [0.15, 0.2) is 66.7 Å². The van der Waals surface area contributed by atoms with Crippen molar-refractivity contribution in [2.45, 2.75) is 19.5 Å². The summed E-state index contributed by atoms with van der Waals surface area (Å²) in [5, 5.41) is 14.4. The van der Waals surface area contributed by atoms with E-state index in [1.165, 1.54) is 12.1 Å². The van der Waals surface area contributed by atoms with Gasteiger partial charge in [0.25, 0.3) is 0 Å². The van der Waals surface area contributed by atoms with Crippen molar-refractivity contribution in [3.05, 3.63) is 104 Å². The van der Waals surface area contributed by atoms with Gasteiger partial charge in [0.2, 0.25) is 0 Å². The molecule has 0 aliphatic carbocycles. The first-order valence-corrected chi connectivity index (χ1v) is 11.2. The number of halogens is 4. The summed E-state index contributed by atoms with van der Waals surface area (Å²) in [6, 6.07) is 19.7. The number of nitrogens with one attached hydrogen (secondary N) is 1. The van der Waals surface area contributed by atoms with Crippen molar-refractivity contribution in [2.24, 2.45) is 0 Å². The smallest absolute Gasteiger partial charge is 0.124 e. The molecule has 0 bridgehead atoms. The second-order valence-electron chi connectivity index (χ2n) is 7.29. The Hall–Kier alpha value is -2.44. The van der Waals surface area contributed by atoms with Crippen LogP contribution in [-0.2, 0) is 19.5 Å². The predicted molar refractivity (Wildman–Crippen MR) is 128 cm³/mol. The molecule has 1 N–H and O–H groups in total. The fraction of sp³-hybridized carbons (Fsp3) is 0.167. The topological polar surface area (TPSA) is 42.7 Å².